The number of hydrogen-bond donors (Lipinski definition) is 1. The van der Waals surface area contributed by atoms with Gasteiger partial charge in [-0.1, -0.05) is 18.5 Å². The predicted octanol–water partition coefficient (Wildman–Crippen LogP) is 2.06. The standard InChI is InChI=1S/C16H21ClN4O3/c1-10(15(23)24)9-21(11-4-5-11)14(22)13-12(17)8-18-16(19-13)20-6-2-3-7-20/h8,10-11H,2-7,9H2,1H3,(H,23,24)/t10-/m1/s1. The van der Waals surface area contributed by atoms with E-state index in [9.17, 15) is 9.59 Å². The Hall–Kier alpha value is -1.89. The van der Waals surface area contributed by atoms with Gasteiger partial charge in [-0.15, -0.1) is 0 Å². The van der Waals surface area contributed by atoms with E-state index in [0.717, 1.165) is 38.8 Å². The number of amides is 1. The number of aromatic nitrogens is 2. The molecule has 8 heteroatoms. The average molecular weight is 353 g/mol. The summed E-state index contributed by atoms with van der Waals surface area (Å²) in [5, 5.41) is 9.34. The van der Waals surface area contributed by atoms with Crippen LogP contribution >= 0.6 is 11.6 Å². The summed E-state index contributed by atoms with van der Waals surface area (Å²) < 4.78 is 0. The smallest absolute Gasteiger partial charge is 0.308 e. The Balaban J connectivity index is 1.83. The molecule has 1 aromatic heterocycles. The molecule has 0 aromatic carbocycles. The molecule has 1 aromatic rings. The van der Waals surface area contributed by atoms with Gasteiger partial charge in [0.15, 0.2) is 5.69 Å². The maximum atomic E-state index is 12.9. The minimum Gasteiger partial charge on any atom is -0.481 e. The fourth-order valence-corrected chi connectivity index (χ4v) is 3.04. The van der Waals surface area contributed by atoms with Crippen molar-refractivity contribution in [3.8, 4) is 0 Å². The van der Waals surface area contributed by atoms with Gasteiger partial charge in [0.25, 0.3) is 5.91 Å². The number of nitrogens with zero attached hydrogens (tertiary/aromatic N) is 4. The van der Waals surface area contributed by atoms with Crippen LogP contribution < -0.4 is 4.90 Å². The average Bonchev–Trinajstić information content (AvgIpc) is 3.25. The summed E-state index contributed by atoms with van der Waals surface area (Å²) in [6.07, 6.45) is 5.40. The molecule has 1 saturated carbocycles. The summed E-state index contributed by atoms with van der Waals surface area (Å²) in [7, 11) is 0. The molecule has 2 aliphatic rings. The minimum atomic E-state index is -0.917. The number of carbonyl (C=O) groups excluding carboxylic acids is 1. The molecule has 0 bridgehead atoms. The molecule has 7 nitrogen and oxygen atoms in total. The van der Waals surface area contributed by atoms with Crippen molar-refractivity contribution in [2.45, 2.75) is 38.6 Å². The van der Waals surface area contributed by atoms with Gasteiger partial charge in [0.1, 0.15) is 0 Å². The number of rotatable bonds is 6. The maximum absolute atomic E-state index is 12.9. The fraction of sp³-hybridized carbons (Fsp3) is 0.625. The normalized spacial score (nSPS) is 18.5. The Bertz CT molecular complexity index is 644. The van der Waals surface area contributed by atoms with Crippen molar-refractivity contribution in [3.05, 3.63) is 16.9 Å². The number of hydrogen-bond acceptors (Lipinski definition) is 5. The lowest BCUT2D eigenvalue weighted by molar-refractivity contribution is -0.141. The van der Waals surface area contributed by atoms with Crippen molar-refractivity contribution in [1.29, 1.82) is 0 Å². The Morgan fingerprint density at radius 3 is 2.67 bits per heavy atom. The first-order valence-electron chi connectivity index (χ1n) is 8.28. The fourth-order valence-electron chi connectivity index (χ4n) is 2.87. The molecule has 0 unspecified atom stereocenters. The monoisotopic (exact) mass is 352 g/mol. The third-order valence-electron chi connectivity index (χ3n) is 4.46. The number of carboxylic acids is 1. The molecule has 1 aliphatic carbocycles. The van der Waals surface area contributed by atoms with Crippen LogP contribution in [-0.4, -0.2) is 57.5 Å². The summed E-state index contributed by atoms with van der Waals surface area (Å²) in [4.78, 5) is 36.3. The minimum absolute atomic E-state index is 0.0839. The van der Waals surface area contributed by atoms with Crippen LogP contribution in [0.15, 0.2) is 6.20 Å². The first kappa shape index (κ1) is 17.0. The predicted molar refractivity (Wildman–Crippen MR) is 89.3 cm³/mol. The quantitative estimate of drug-likeness (QED) is 0.843. The molecular weight excluding hydrogens is 332 g/mol. The van der Waals surface area contributed by atoms with Crippen molar-refractivity contribution < 1.29 is 14.7 Å². The van der Waals surface area contributed by atoms with Crippen molar-refractivity contribution >= 4 is 29.4 Å². The van der Waals surface area contributed by atoms with Gasteiger partial charge in [-0.2, -0.15) is 0 Å². The van der Waals surface area contributed by atoms with Gasteiger partial charge >= 0.3 is 5.97 Å². The number of aliphatic carboxylic acids is 1. The van der Waals surface area contributed by atoms with Crippen LogP contribution in [0.5, 0.6) is 0 Å². The molecule has 3 rings (SSSR count). The first-order chi connectivity index (χ1) is 11.5. The van der Waals surface area contributed by atoms with Crippen molar-refractivity contribution in [1.82, 2.24) is 14.9 Å². The highest BCUT2D eigenvalue weighted by molar-refractivity contribution is 6.33. The van der Waals surface area contributed by atoms with Gasteiger partial charge in [0.05, 0.1) is 17.1 Å². The molecular formula is C16H21ClN4O3. The molecule has 2 heterocycles. The lowest BCUT2D eigenvalue weighted by Gasteiger charge is -2.25. The second-order valence-electron chi connectivity index (χ2n) is 6.49. The molecule has 130 valence electrons. The van der Waals surface area contributed by atoms with Gasteiger partial charge in [-0.3, -0.25) is 9.59 Å². The van der Waals surface area contributed by atoms with E-state index in [0.29, 0.717) is 5.95 Å². The Morgan fingerprint density at radius 1 is 1.42 bits per heavy atom. The van der Waals surface area contributed by atoms with Crippen LogP contribution in [0.1, 0.15) is 43.1 Å². The van der Waals surface area contributed by atoms with Gasteiger partial charge in [0, 0.05) is 25.7 Å². The van der Waals surface area contributed by atoms with E-state index in [1.807, 2.05) is 4.90 Å². The highest BCUT2D eigenvalue weighted by Crippen LogP contribution is 2.30. The van der Waals surface area contributed by atoms with Crippen LogP contribution in [0.25, 0.3) is 0 Å². The van der Waals surface area contributed by atoms with E-state index in [-0.39, 0.29) is 29.2 Å². The zero-order valence-electron chi connectivity index (χ0n) is 13.6. The maximum Gasteiger partial charge on any atom is 0.308 e. The van der Waals surface area contributed by atoms with Crippen molar-refractivity contribution in [3.63, 3.8) is 0 Å². The van der Waals surface area contributed by atoms with Gasteiger partial charge < -0.3 is 14.9 Å². The highest BCUT2D eigenvalue weighted by atomic mass is 35.5. The summed E-state index contributed by atoms with van der Waals surface area (Å²) in [5.41, 5.74) is 0.165. The van der Waals surface area contributed by atoms with Gasteiger partial charge in [-0.25, -0.2) is 9.97 Å². The van der Waals surface area contributed by atoms with E-state index in [1.54, 1.807) is 11.8 Å². The molecule has 24 heavy (non-hydrogen) atoms. The third-order valence-corrected chi connectivity index (χ3v) is 4.74. The number of carboxylic acid groups (broad SMARTS) is 1. The van der Waals surface area contributed by atoms with Crippen LogP contribution in [0.2, 0.25) is 5.02 Å². The SMILES string of the molecule is C[C@H](CN(C(=O)c1nc(N2CCCC2)ncc1Cl)C1CC1)C(=O)O. The number of anilines is 1. The first-order valence-corrected chi connectivity index (χ1v) is 8.66. The Morgan fingerprint density at radius 2 is 2.08 bits per heavy atom. The second-order valence-corrected chi connectivity index (χ2v) is 6.90. The van der Waals surface area contributed by atoms with E-state index >= 15 is 0 Å². The van der Waals surface area contributed by atoms with E-state index in [2.05, 4.69) is 9.97 Å². The molecule has 1 N–H and O–H groups in total. The lowest BCUT2D eigenvalue weighted by Crippen LogP contribution is -2.39. The Kier molecular flexibility index (Phi) is 4.89. The summed E-state index contributed by atoms with van der Waals surface area (Å²) >= 11 is 6.16. The van der Waals surface area contributed by atoms with Crippen molar-refractivity contribution in [2.75, 3.05) is 24.5 Å². The molecule has 1 aliphatic heterocycles. The molecule has 0 spiro atoms. The molecule has 1 atom stereocenters. The summed E-state index contributed by atoms with van der Waals surface area (Å²) in [6.45, 7) is 3.51. The van der Waals surface area contributed by atoms with Gasteiger partial charge in [-0.05, 0) is 25.7 Å². The molecule has 0 radical (unpaired) electrons. The zero-order chi connectivity index (χ0) is 17.3. The molecule has 2 fully saturated rings. The molecule has 1 amide bonds. The third kappa shape index (κ3) is 3.61. The summed E-state index contributed by atoms with van der Waals surface area (Å²) in [6, 6.07) is 0.0839. The van der Waals surface area contributed by atoms with Gasteiger partial charge in [0.2, 0.25) is 5.95 Å². The number of halogens is 1. The van der Waals surface area contributed by atoms with Crippen LogP contribution in [0.4, 0.5) is 5.95 Å². The largest absolute Gasteiger partial charge is 0.481 e. The molecule has 1 saturated heterocycles. The Labute approximate surface area is 145 Å². The van der Waals surface area contributed by atoms with Crippen LogP contribution in [-0.2, 0) is 4.79 Å². The number of carbonyl (C=O) groups is 2. The van der Waals surface area contributed by atoms with E-state index in [1.165, 1.54) is 6.20 Å². The van der Waals surface area contributed by atoms with Crippen LogP contribution in [0.3, 0.4) is 0 Å². The zero-order valence-corrected chi connectivity index (χ0v) is 14.4. The van der Waals surface area contributed by atoms with E-state index in [4.69, 9.17) is 16.7 Å². The topological polar surface area (TPSA) is 86.6 Å². The van der Waals surface area contributed by atoms with E-state index < -0.39 is 11.9 Å². The van der Waals surface area contributed by atoms with Crippen LogP contribution in [0, 0.1) is 5.92 Å². The second kappa shape index (κ2) is 6.93. The lowest BCUT2D eigenvalue weighted by atomic mass is 10.1. The van der Waals surface area contributed by atoms with Crippen molar-refractivity contribution in [2.24, 2.45) is 5.92 Å². The summed E-state index contributed by atoms with van der Waals surface area (Å²) in [5.74, 6) is -1.34. The highest BCUT2D eigenvalue weighted by Gasteiger charge is 2.36.